The van der Waals surface area contributed by atoms with Gasteiger partial charge in [0.15, 0.2) is 0 Å². The summed E-state index contributed by atoms with van der Waals surface area (Å²) in [5.74, 6) is 0.192. The zero-order chi connectivity index (χ0) is 32.3. The van der Waals surface area contributed by atoms with E-state index in [1.165, 1.54) is 60.3 Å². The molecule has 0 saturated heterocycles. The molecule has 0 radical (unpaired) electrons. The summed E-state index contributed by atoms with van der Waals surface area (Å²) < 4.78 is 2.39. The Bertz CT molecular complexity index is 2240. The van der Waals surface area contributed by atoms with Gasteiger partial charge in [0, 0.05) is 45.2 Å². The number of aromatic nitrogens is 1. The molecule has 2 heterocycles. The van der Waals surface area contributed by atoms with Crippen LogP contribution in [0.4, 0.5) is 0 Å². The van der Waals surface area contributed by atoms with Gasteiger partial charge in [0.2, 0.25) is 0 Å². The van der Waals surface area contributed by atoms with Gasteiger partial charge in [-0.25, -0.2) is 0 Å². The van der Waals surface area contributed by atoms with E-state index in [-0.39, 0.29) is 5.92 Å². The maximum atomic E-state index is 4.47. The molecule has 4 aromatic carbocycles. The summed E-state index contributed by atoms with van der Waals surface area (Å²) in [6, 6.07) is 33.5. The van der Waals surface area contributed by atoms with Crippen molar-refractivity contribution in [3.05, 3.63) is 181 Å². The molecular weight excluding hydrogens is 589 g/mol. The fraction of sp³-hybridized carbons (Fsp3) is 0.114. The molecule has 3 heteroatoms. The van der Waals surface area contributed by atoms with Crippen molar-refractivity contribution >= 4 is 39.1 Å². The van der Waals surface area contributed by atoms with Crippen LogP contribution in [-0.2, 0) is 0 Å². The second-order valence-electron chi connectivity index (χ2n) is 11.6. The van der Waals surface area contributed by atoms with Gasteiger partial charge in [-0.15, -0.1) is 17.5 Å². The van der Waals surface area contributed by atoms with E-state index in [2.05, 4.69) is 162 Å². The quantitative estimate of drug-likeness (QED) is 0.142. The van der Waals surface area contributed by atoms with Crippen molar-refractivity contribution in [2.75, 3.05) is 6.26 Å². The summed E-state index contributed by atoms with van der Waals surface area (Å²) in [5, 5.41) is 2.53. The van der Waals surface area contributed by atoms with Crippen LogP contribution in [0, 0.1) is 5.92 Å². The molecule has 5 aromatic rings. The van der Waals surface area contributed by atoms with Crippen molar-refractivity contribution in [1.29, 1.82) is 0 Å². The Morgan fingerprint density at radius 3 is 2.43 bits per heavy atom. The van der Waals surface area contributed by atoms with Crippen LogP contribution >= 0.6 is 11.8 Å². The molecule has 47 heavy (non-hydrogen) atoms. The minimum atomic E-state index is 0.192. The standard InChI is InChI=1S/C42H32N2S.C2H6/c1-29-11-7-8-24-43(34-14-3-4-15-34)40-22-20-32(26-38(29)40)30-12-9-13-31(25-30)33-21-23-42-39(27-33)37-18-5-6-19-41(37)44(42)35-16-10-17-36(28-35)45-2;1-2/h3,5-25,27-28,38H,1,26H2,2H3;1-2H3/b11-7-,24-8-;. The highest BCUT2D eigenvalue weighted by molar-refractivity contribution is 7.98. The van der Waals surface area contributed by atoms with Crippen LogP contribution in [0.3, 0.4) is 0 Å². The molecule has 8 rings (SSSR count). The van der Waals surface area contributed by atoms with Crippen LogP contribution in [0.1, 0.15) is 25.8 Å². The van der Waals surface area contributed by atoms with Crippen LogP contribution in [0.2, 0.25) is 0 Å². The van der Waals surface area contributed by atoms with Crippen LogP contribution in [-0.4, -0.2) is 15.7 Å². The summed E-state index contributed by atoms with van der Waals surface area (Å²) in [5.41, 5.74) is 15.3. The Balaban J connectivity index is 0.00000172. The van der Waals surface area contributed by atoms with E-state index in [9.17, 15) is 0 Å². The second kappa shape index (κ2) is 13.3. The minimum absolute atomic E-state index is 0.192. The fourth-order valence-electron chi connectivity index (χ4n) is 6.77. The lowest BCUT2D eigenvalue weighted by Gasteiger charge is -2.34. The Morgan fingerprint density at radius 2 is 1.57 bits per heavy atom. The van der Waals surface area contributed by atoms with Crippen LogP contribution in [0.25, 0.3) is 44.2 Å². The van der Waals surface area contributed by atoms with Gasteiger partial charge in [-0.2, -0.15) is 0 Å². The van der Waals surface area contributed by atoms with Gasteiger partial charge < -0.3 is 9.47 Å². The predicted octanol–water partition coefficient (Wildman–Crippen LogP) is 12.0. The maximum absolute atomic E-state index is 4.47. The highest BCUT2D eigenvalue weighted by atomic mass is 32.2. The topological polar surface area (TPSA) is 8.17 Å². The molecule has 3 aliphatic rings. The molecule has 0 N–H and O–H groups in total. The minimum Gasteiger partial charge on any atom is -0.320 e. The molecule has 1 aliphatic heterocycles. The molecule has 0 fully saturated rings. The van der Waals surface area contributed by atoms with Crippen molar-refractivity contribution < 1.29 is 0 Å². The number of nitrogens with zero attached hydrogens (tertiary/aromatic N) is 2. The summed E-state index contributed by atoms with van der Waals surface area (Å²) in [6.07, 6.45) is 22.1. The number of hydrogen-bond acceptors (Lipinski definition) is 2. The normalized spacial score (nSPS) is 18.1. The van der Waals surface area contributed by atoms with Crippen LogP contribution in [0.15, 0.2) is 180 Å². The monoisotopic (exact) mass is 626 g/mol. The summed E-state index contributed by atoms with van der Waals surface area (Å²) in [4.78, 5) is 3.53. The number of rotatable bonds is 5. The van der Waals surface area contributed by atoms with E-state index >= 15 is 0 Å². The van der Waals surface area contributed by atoms with Crippen LogP contribution < -0.4 is 0 Å². The molecular formula is C44H38N2S. The molecule has 230 valence electrons. The predicted molar refractivity (Wildman–Crippen MR) is 204 cm³/mol. The number of para-hydroxylation sites is 1. The van der Waals surface area contributed by atoms with E-state index in [1.807, 2.05) is 26.0 Å². The highest BCUT2D eigenvalue weighted by Gasteiger charge is 2.27. The first kappa shape index (κ1) is 30.4. The van der Waals surface area contributed by atoms with Crippen molar-refractivity contribution in [2.45, 2.75) is 25.2 Å². The lowest BCUT2D eigenvalue weighted by atomic mass is 9.81. The second-order valence-corrected chi connectivity index (χ2v) is 12.5. The van der Waals surface area contributed by atoms with E-state index in [1.54, 1.807) is 11.8 Å². The first-order valence-corrected chi connectivity index (χ1v) is 17.6. The Hall–Kier alpha value is -5.21. The van der Waals surface area contributed by atoms with Crippen LogP contribution in [0.5, 0.6) is 0 Å². The average molecular weight is 627 g/mol. The largest absolute Gasteiger partial charge is 0.320 e. The van der Waals surface area contributed by atoms with Gasteiger partial charge in [0.25, 0.3) is 0 Å². The summed E-state index contributed by atoms with van der Waals surface area (Å²) in [7, 11) is 0. The molecule has 2 nitrogen and oxygen atoms in total. The van der Waals surface area contributed by atoms with Gasteiger partial charge in [-0.1, -0.05) is 87.2 Å². The van der Waals surface area contributed by atoms with Gasteiger partial charge in [0.1, 0.15) is 0 Å². The Kier molecular flexibility index (Phi) is 8.59. The SMILES string of the molecule is C=C1/C=C\C=C/N(C2=CC=C=C2)C2=CC=C(c3cccc(-c4ccc5c(c4)c4ccccc4n5-c4cccc(SC)c4)c3)CC12.CC. The molecule has 0 spiro atoms. The molecule has 1 aromatic heterocycles. The maximum Gasteiger partial charge on any atom is 0.0541 e. The van der Waals surface area contributed by atoms with Crippen molar-refractivity contribution in [3.63, 3.8) is 0 Å². The van der Waals surface area contributed by atoms with Crippen molar-refractivity contribution in [2.24, 2.45) is 5.92 Å². The molecule has 1 unspecified atom stereocenters. The lowest BCUT2D eigenvalue weighted by Crippen LogP contribution is -2.24. The van der Waals surface area contributed by atoms with Crippen molar-refractivity contribution in [3.8, 4) is 16.8 Å². The number of fused-ring (bicyclic) bond motifs is 4. The van der Waals surface area contributed by atoms with Gasteiger partial charge in [-0.05, 0) is 107 Å². The van der Waals surface area contributed by atoms with E-state index in [0.717, 1.165) is 17.7 Å². The fourth-order valence-corrected chi connectivity index (χ4v) is 7.23. The van der Waals surface area contributed by atoms with E-state index in [4.69, 9.17) is 0 Å². The lowest BCUT2D eigenvalue weighted by molar-refractivity contribution is 0.502. The third-order valence-corrected chi connectivity index (χ3v) is 9.75. The summed E-state index contributed by atoms with van der Waals surface area (Å²) in [6.45, 7) is 8.47. The van der Waals surface area contributed by atoms with Crippen molar-refractivity contribution in [1.82, 2.24) is 9.47 Å². The number of allylic oxidation sites excluding steroid dienone is 9. The Labute approximate surface area is 282 Å². The average Bonchev–Trinajstić information content (AvgIpc) is 3.78. The number of hydrogen-bond donors (Lipinski definition) is 0. The third kappa shape index (κ3) is 5.70. The smallest absolute Gasteiger partial charge is 0.0541 e. The van der Waals surface area contributed by atoms with Gasteiger partial charge >= 0.3 is 0 Å². The zero-order valence-electron chi connectivity index (χ0n) is 27.2. The highest BCUT2D eigenvalue weighted by Crippen LogP contribution is 2.41. The van der Waals surface area contributed by atoms with E-state index < -0.39 is 0 Å². The number of thioether (sulfide) groups is 1. The van der Waals surface area contributed by atoms with E-state index in [0.29, 0.717) is 0 Å². The summed E-state index contributed by atoms with van der Waals surface area (Å²) >= 11 is 1.78. The zero-order valence-corrected chi connectivity index (χ0v) is 28.0. The molecule has 2 aliphatic carbocycles. The third-order valence-electron chi connectivity index (χ3n) is 9.03. The molecule has 0 bridgehead atoms. The number of benzene rings is 4. The first-order valence-electron chi connectivity index (χ1n) is 16.3. The molecule has 0 saturated carbocycles. The molecule has 1 atom stereocenters. The van der Waals surface area contributed by atoms with Gasteiger partial charge in [0.05, 0.1) is 16.7 Å². The first-order chi connectivity index (χ1) is 23.2. The Morgan fingerprint density at radius 1 is 0.766 bits per heavy atom. The molecule has 0 amide bonds. The van der Waals surface area contributed by atoms with Gasteiger partial charge in [-0.3, -0.25) is 0 Å².